The highest BCUT2D eigenvalue weighted by molar-refractivity contribution is 5.07. The molecule has 10 heavy (non-hydrogen) atoms. The van der Waals surface area contributed by atoms with Gasteiger partial charge in [-0.1, -0.05) is 6.08 Å². The lowest BCUT2D eigenvalue weighted by Crippen LogP contribution is -2.12. The predicted octanol–water partition coefficient (Wildman–Crippen LogP) is 0.426. The third kappa shape index (κ3) is 0.724. The van der Waals surface area contributed by atoms with Gasteiger partial charge in [-0.15, -0.1) is 6.58 Å². The van der Waals surface area contributed by atoms with Crippen molar-refractivity contribution in [3.8, 4) is 0 Å². The normalized spacial score (nSPS) is 46.3. The predicted molar refractivity (Wildman–Crippen MR) is 37.5 cm³/mol. The second-order valence-corrected chi connectivity index (χ2v) is 3.17. The lowest BCUT2D eigenvalue weighted by Gasteiger charge is -2.06. The van der Waals surface area contributed by atoms with Gasteiger partial charge in [-0.25, -0.2) is 0 Å². The van der Waals surface area contributed by atoms with Crippen molar-refractivity contribution in [2.75, 3.05) is 13.2 Å². The van der Waals surface area contributed by atoms with Crippen LogP contribution in [0.4, 0.5) is 0 Å². The van der Waals surface area contributed by atoms with Gasteiger partial charge in [0.05, 0.1) is 19.3 Å². The number of hydrogen-bond acceptors (Lipinski definition) is 2. The fourth-order valence-corrected chi connectivity index (χ4v) is 1.95. The van der Waals surface area contributed by atoms with Crippen molar-refractivity contribution in [3.63, 3.8) is 0 Å². The molecule has 0 aromatic heterocycles. The van der Waals surface area contributed by atoms with Gasteiger partial charge in [0.15, 0.2) is 0 Å². The van der Waals surface area contributed by atoms with Crippen LogP contribution in [0.5, 0.6) is 0 Å². The summed E-state index contributed by atoms with van der Waals surface area (Å²) in [5, 5.41) is 9.33. The van der Waals surface area contributed by atoms with E-state index in [1.807, 2.05) is 0 Å². The van der Waals surface area contributed by atoms with Crippen LogP contribution in [-0.4, -0.2) is 24.4 Å². The first-order valence-electron chi connectivity index (χ1n) is 3.73. The number of aliphatic hydroxyl groups excluding tert-OH is 1. The maximum atomic E-state index is 9.33. The first kappa shape index (κ1) is 6.38. The monoisotopic (exact) mass is 140 g/mol. The average Bonchev–Trinajstić information content (AvgIpc) is 2.43. The summed E-state index contributed by atoms with van der Waals surface area (Å²) < 4.78 is 5.19. The fourth-order valence-electron chi connectivity index (χ4n) is 1.95. The molecular weight excluding hydrogens is 128 g/mol. The first-order valence-corrected chi connectivity index (χ1v) is 3.73. The Morgan fingerprint density at radius 1 is 1.50 bits per heavy atom. The average molecular weight is 140 g/mol. The fraction of sp³-hybridized carbons (Fsp3) is 0.750. The minimum absolute atomic E-state index is 0.293. The van der Waals surface area contributed by atoms with E-state index in [0.717, 1.165) is 13.2 Å². The van der Waals surface area contributed by atoms with Gasteiger partial charge in [-0.3, -0.25) is 0 Å². The highest BCUT2D eigenvalue weighted by Crippen LogP contribution is 2.52. The van der Waals surface area contributed by atoms with Gasteiger partial charge < -0.3 is 9.84 Å². The number of rotatable bonds is 2. The Kier molecular flexibility index (Phi) is 1.32. The summed E-state index contributed by atoms with van der Waals surface area (Å²) in [7, 11) is 0. The Hall–Kier alpha value is -0.340. The maximum Gasteiger partial charge on any atom is 0.0753 e. The van der Waals surface area contributed by atoms with Gasteiger partial charge in [0.25, 0.3) is 0 Å². The first-order chi connectivity index (χ1) is 4.84. The molecule has 0 radical (unpaired) electrons. The summed E-state index contributed by atoms with van der Waals surface area (Å²) >= 11 is 0. The van der Waals surface area contributed by atoms with Crippen molar-refractivity contribution in [3.05, 3.63) is 12.7 Å². The van der Waals surface area contributed by atoms with Crippen LogP contribution < -0.4 is 0 Å². The van der Waals surface area contributed by atoms with E-state index < -0.39 is 0 Å². The molecular formula is C8H12O2. The van der Waals surface area contributed by atoms with Crippen molar-refractivity contribution in [1.82, 2.24) is 0 Å². The molecule has 3 unspecified atom stereocenters. The van der Waals surface area contributed by atoms with Crippen LogP contribution in [0.25, 0.3) is 0 Å². The van der Waals surface area contributed by atoms with Crippen LogP contribution in [0.3, 0.4) is 0 Å². The molecule has 56 valence electrons. The quantitative estimate of drug-likeness (QED) is 0.563. The summed E-state index contributed by atoms with van der Waals surface area (Å²) in [5.41, 5.74) is 0. The van der Waals surface area contributed by atoms with Crippen molar-refractivity contribution < 1.29 is 9.84 Å². The highest BCUT2D eigenvalue weighted by atomic mass is 16.5. The molecule has 2 heteroatoms. The third-order valence-electron chi connectivity index (χ3n) is 2.65. The molecule has 1 saturated carbocycles. The number of ether oxygens (including phenoxy) is 1. The molecule has 3 atom stereocenters. The lowest BCUT2D eigenvalue weighted by atomic mass is 10.2. The second-order valence-electron chi connectivity index (χ2n) is 3.17. The molecule has 0 bridgehead atoms. The summed E-state index contributed by atoms with van der Waals surface area (Å²) in [6.07, 6.45) is 1.34. The van der Waals surface area contributed by atoms with E-state index in [1.165, 1.54) is 0 Å². The molecule has 2 rings (SSSR count). The maximum absolute atomic E-state index is 9.33. The Morgan fingerprint density at radius 2 is 2.10 bits per heavy atom. The Balaban J connectivity index is 1.94. The van der Waals surface area contributed by atoms with Crippen LogP contribution in [0.1, 0.15) is 0 Å². The van der Waals surface area contributed by atoms with Gasteiger partial charge in [0, 0.05) is 0 Å². The molecule has 0 aromatic carbocycles. The van der Waals surface area contributed by atoms with Crippen molar-refractivity contribution >= 4 is 0 Å². The van der Waals surface area contributed by atoms with Crippen LogP contribution in [-0.2, 0) is 4.74 Å². The molecule has 0 spiro atoms. The van der Waals surface area contributed by atoms with Gasteiger partial charge >= 0.3 is 0 Å². The summed E-state index contributed by atoms with van der Waals surface area (Å²) in [6, 6.07) is 0. The van der Waals surface area contributed by atoms with E-state index in [1.54, 1.807) is 6.08 Å². The molecule has 1 aliphatic heterocycles. The second kappa shape index (κ2) is 2.07. The van der Waals surface area contributed by atoms with Crippen molar-refractivity contribution in [2.24, 2.45) is 17.8 Å². The molecule has 0 aromatic rings. The molecule has 2 aliphatic rings. The van der Waals surface area contributed by atoms with Crippen LogP contribution in [0, 0.1) is 17.8 Å². The summed E-state index contributed by atoms with van der Waals surface area (Å²) in [4.78, 5) is 0. The number of aliphatic hydroxyl groups is 1. The molecule has 1 saturated heterocycles. The van der Waals surface area contributed by atoms with Crippen molar-refractivity contribution in [1.29, 1.82) is 0 Å². The zero-order valence-electron chi connectivity index (χ0n) is 5.86. The molecule has 2 fully saturated rings. The van der Waals surface area contributed by atoms with Gasteiger partial charge in [-0.05, 0) is 17.8 Å². The van der Waals surface area contributed by atoms with Crippen LogP contribution in [0.15, 0.2) is 12.7 Å². The Bertz CT molecular complexity index is 145. The minimum atomic E-state index is -0.293. The van der Waals surface area contributed by atoms with E-state index in [9.17, 15) is 5.11 Å². The van der Waals surface area contributed by atoms with E-state index in [2.05, 4.69) is 6.58 Å². The topological polar surface area (TPSA) is 29.5 Å². The number of fused-ring (bicyclic) bond motifs is 1. The van der Waals surface area contributed by atoms with E-state index >= 15 is 0 Å². The van der Waals surface area contributed by atoms with Crippen molar-refractivity contribution in [2.45, 2.75) is 6.10 Å². The molecule has 0 amide bonds. The van der Waals surface area contributed by atoms with Crippen LogP contribution in [0.2, 0.25) is 0 Å². The zero-order chi connectivity index (χ0) is 7.14. The molecule has 1 aliphatic carbocycles. The van der Waals surface area contributed by atoms with Crippen LogP contribution >= 0.6 is 0 Å². The molecule has 2 nitrogen and oxygen atoms in total. The lowest BCUT2D eigenvalue weighted by molar-refractivity contribution is 0.111. The Morgan fingerprint density at radius 3 is 2.60 bits per heavy atom. The van der Waals surface area contributed by atoms with E-state index in [4.69, 9.17) is 4.74 Å². The number of hydrogen-bond donors (Lipinski definition) is 1. The summed E-state index contributed by atoms with van der Waals surface area (Å²) in [5.74, 6) is 1.73. The van der Waals surface area contributed by atoms with E-state index in [0.29, 0.717) is 17.8 Å². The minimum Gasteiger partial charge on any atom is -0.389 e. The standard InChI is InChI=1S/C8H12O2/c1-2-7(9)8-5-3-10-4-6(5)8/h2,5-9H,1,3-4H2. The Labute approximate surface area is 60.5 Å². The molecule has 1 N–H and O–H groups in total. The smallest absolute Gasteiger partial charge is 0.0753 e. The highest BCUT2D eigenvalue weighted by Gasteiger charge is 2.56. The third-order valence-corrected chi connectivity index (χ3v) is 2.65. The van der Waals surface area contributed by atoms with Gasteiger partial charge in [0.1, 0.15) is 0 Å². The molecule has 1 heterocycles. The SMILES string of the molecule is C=CC(O)C1C2COCC21. The van der Waals surface area contributed by atoms with Gasteiger partial charge in [-0.2, -0.15) is 0 Å². The summed E-state index contributed by atoms with van der Waals surface area (Å²) in [6.45, 7) is 5.25. The largest absolute Gasteiger partial charge is 0.389 e. The van der Waals surface area contributed by atoms with E-state index in [-0.39, 0.29) is 6.10 Å². The zero-order valence-corrected chi connectivity index (χ0v) is 5.86. The van der Waals surface area contributed by atoms with Gasteiger partial charge in [0.2, 0.25) is 0 Å².